The molecule has 0 unspecified atom stereocenters. The van der Waals surface area contributed by atoms with Crippen LogP contribution in [0.4, 0.5) is 5.69 Å². The van der Waals surface area contributed by atoms with E-state index in [0.29, 0.717) is 24.3 Å². The molecule has 1 amide bonds. The summed E-state index contributed by atoms with van der Waals surface area (Å²) in [7, 11) is 6.08. The van der Waals surface area contributed by atoms with E-state index in [9.17, 15) is 24.0 Å². The Labute approximate surface area is 266 Å². The number of nitrogens with zero attached hydrogens (tertiary/aromatic N) is 8. The SMILES string of the molecule is COC(=O)c1nnn(CCCOc2cc3c(cc2OC)C(=O)N2C[C@@H](n4nnc(C(=O)OC)c4C(=O)OC)C[C@H]2C=N3)c1C(=O)OC. The third kappa shape index (κ3) is 6.06. The summed E-state index contributed by atoms with van der Waals surface area (Å²) in [5.41, 5.74) is -0.265. The van der Waals surface area contributed by atoms with Crippen LogP contribution in [0.15, 0.2) is 17.1 Å². The summed E-state index contributed by atoms with van der Waals surface area (Å²) in [5.74, 6) is -3.05. The largest absolute Gasteiger partial charge is 0.493 e. The number of ether oxygens (including phenoxy) is 6. The first kappa shape index (κ1) is 32.5. The zero-order valence-corrected chi connectivity index (χ0v) is 26.0. The van der Waals surface area contributed by atoms with Gasteiger partial charge >= 0.3 is 23.9 Å². The van der Waals surface area contributed by atoms with E-state index in [2.05, 4.69) is 30.4 Å². The zero-order chi connectivity index (χ0) is 33.8. The topological polar surface area (TPSA) is 218 Å². The fraction of sp³-hybridized carbons (Fsp3) is 0.429. The number of fused-ring (bicyclic) bond motifs is 2. The van der Waals surface area contributed by atoms with E-state index in [-0.39, 0.29) is 59.7 Å². The van der Waals surface area contributed by atoms with Crippen LogP contribution in [0.25, 0.3) is 0 Å². The van der Waals surface area contributed by atoms with Gasteiger partial charge in [0, 0.05) is 31.8 Å². The lowest BCUT2D eigenvalue weighted by Gasteiger charge is -2.21. The van der Waals surface area contributed by atoms with Gasteiger partial charge in [0.05, 0.1) is 65.5 Å². The maximum Gasteiger partial charge on any atom is 0.361 e. The molecule has 1 fully saturated rings. The number of carbonyl (C=O) groups excluding carboxylic acids is 5. The van der Waals surface area contributed by atoms with E-state index >= 15 is 0 Å². The van der Waals surface area contributed by atoms with Crippen molar-refractivity contribution in [1.29, 1.82) is 0 Å². The standard InChI is InChI=1S/C28H30N8O11/c1-42-18-10-16-17(11-19(18)47-8-6-7-35-22(27(40)45-4)20(30-32-35)25(38)43-2)29-12-14-9-15(13-34(14)24(16)37)36-23(28(41)46-5)21(31-33-36)26(39)44-3/h10-12,14-15H,6-9,13H2,1-5H3/t14-,15-/m0/s1. The molecule has 1 aromatic carbocycles. The van der Waals surface area contributed by atoms with Crippen molar-refractivity contribution in [3.05, 3.63) is 40.5 Å². The molecule has 47 heavy (non-hydrogen) atoms. The van der Waals surface area contributed by atoms with Crippen LogP contribution >= 0.6 is 0 Å². The summed E-state index contributed by atoms with van der Waals surface area (Å²) < 4.78 is 32.9. The second kappa shape index (κ2) is 13.6. The molecular weight excluding hydrogens is 624 g/mol. The second-order valence-corrected chi connectivity index (χ2v) is 10.1. The Balaban J connectivity index is 1.31. The second-order valence-electron chi connectivity index (χ2n) is 10.1. The van der Waals surface area contributed by atoms with Gasteiger partial charge in [0.25, 0.3) is 5.91 Å². The van der Waals surface area contributed by atoms with E-state index in [0.717, 1.165) is 14.2 Å². The van der Waals surface area contributed by atoms with Crippen molar-refractivity contribution in [1.82, 2.24) is 34.9 Å². The minimum atomic E-state index is -0.849. The van der Waals surface area contributed by atoms with E-state index in [1.54, 1.807) is 17.2 Å². The molecule has 19 nitrogen and oxygen atoms in total. The molecule has 2 atom stereocenters. The predicted octanol–water partition coefficient (Wildman–Crippen LogP) is 0.665. The van der Waals surface area contributed by atoms with Crippen LogP contribution in [0.3, 0.4) is 0 Å². The first-order valence-electron chi connectivity index (χ1n) is 14.1. The highest BCUT2D eigenvalue weighted by molar-refractivity contribution is 6.04. The molecule has 2 aromatic heterocycles. The Bertz CT molecular complexity index is 1760. The van der Waals surface area contributed by atoms with Crippen LogP contribution in [-0.4, -0.2) is 126 Å². The molecule has 0 radical (unpaired) electrons. The van der Waals surface area contributed by atoms with Crippen LogP contribution < -0.4 is 9.47 Å². The van der Waals surface area contributed by atoms with Gasteiger partial charge in [-0.1, -0.05) is 10.4 Å². The van der Waals surface area contributed by atoms with Crippen LogP contribution in [0.1, 0.15) is 71.2 Å². The maximum absolute atomic E-state index is 13.8. The molecule has 2 aliphatic heterocycles. The summed E-state index contributed by atoms with van der Waals surface area (Å²) in [6.45, 7) is 0.420. The normalized spacial score (nSPS) is 16.5. The van der Waals surface area contributed by atoms with E-state index in [4.69, 9.17) is 23.7 Å². The number of aliphatic imine (C=N–C) groups is 1. The van der Waals surface area contributed by atoms with Gasteiger partial charge in [-0.2, -0.15) is 0 Å². The third-order valence-electron chi connectivity index (χ3n) is 7.54. The van der Waals surface area contributed by atoms with E-state index in [1.165, 1.54) is 36.8 Å². The molecule has 5 rings (SSSR count). The van der Waals surface area contributed by atoms with Crippen molar-refractivity contribution in [2.24, 2.45) is 4.99 Å². The summed E-state index contributed by atoms with van der Waals surface area (Å²) in [4.78, 5) is 68.9. The van der Waals surface area contributed by atoms with Crippen molar-refractivity contribution in [3.63, 3.8) is 0 Å². The van der Waals surface area contributed by atoms with Gasteiger partial charge in [-0.25, -0.2) is 28.5 Å². The smallest absolute Gasteiger partial charge is 0.361 e. The van der Waals surface area contributed by atoms with Gasteiger partial charge < -0.3 is 33.3 Å². The van der Waals surface area contributed by atoms with Gasteiger partial charge in [-0.3, -0.25) is 9.79 Å². The summed E-state index contributed by atoms with van der Waals surface area (Å²) >= 11 is 0. The molecule has 3 aromatic rings. The number of rotatable bonds is 11. The van der Waals surface area contributed by atoms with E-state index < -0.39 is 36.0 Å². The number of methoxy groups -OCH3 is 5. The van der Waals surface area contributed by atoms with Crippen LogP contribution in [0.2, 0.25) is 0 Å². The fourth-order valence-electron chi connectivity index (χ4n) is 5.28. The summed E-state index contributed by atoms with van der Waals surface area (Å²) in [6, 6.07) is 2.13. The van der Waals surface area contributed by atoms with Crippen molar-refractivity contribution in [3.8, 4) is 11.5 Å². The van der Waals surface area contributed by atoms with Gasteiger partial charge in [0.2, 0.25) is 11.4 Å². The fourth-order valence-corrected chi connectivity index (χ4v) is 5.28. The zero-order valence-electron chi connectivity index (χ0n) is 26.0. The molecule has 0 bridgehead atoms. The van der Waals surface area contributed by atoms with Gasteiger partial charge in [-0.15, -0.1) is 10.2 Å². The average Bonchev–Trinajstić information content (AvgIpc) is 3.82. The number of aromatic nitrogens is 6. The van der Waals surface area contributed by atoms with Gasteiger partial charge in [0.15, 0.2) is 22.9 Å². The number of esters is 4. The average molecular weight is 655 g/mol. The number of hydrogen-bond donors (Lipinski definition) is 0. The molecule has 19 heteroatoms. The lowest BCUT2D eigenvalue weighted by Crippen LogP contribution is -2.35. The minimum absolute atomic E-state index is 0.130. The monoisotopic (exact) mass is 654 g/mol. The lowest BCUT2D eigenvalue weighted by molar-refractivity contribution is 0.0541. The molecule has 248 valence electrons. The lowest BCUT2D eigenvalue weighted by atomic mass is 10.1. The predicted molar refractivity (Wildman–Crippen MR) is 155 cm³/mol. The Kier molecular flexibility index (Phi) is 9.43. The first-order valence-corrected chi connectivity index (χ1v) is 14.1. The molecule has 0 spiro atoms. The number of benzene rings is 1. The van der Waals surface area contributed by atoms with Crippen molar-refractivity contribution in [2.75, 3.05) is 48.7 Å². The molecule has 2 aliphatic rings. The first-order chi connectivity index (χ1) is 22.7. The molecule has 0 N–H and O–H groups in total. The maximum atomic E-state index is 13.8. The highest BCUT2D eigenvalue weighted by atomic mass is 16.5. The summed E-state index contributed by atoms with van der Waals surface area (Å²) in [5, 5.41) is 15.4. The molecular formula is C28H30N8O11. The Morgan fingerprint density at radius 2 is 1.47 bits per heavy atom. The molecule has 0 saturated carbocycles. The van der Waals surface area contributed by atoms with Crippen molar-refractivity contribution in [2.45, 2.75) is 31.5 Å². The van der Waals surface area contributed by atoms with Crippen LogP contribution in [0, 0.1) is 0 Å². The third-order valence-corrected chi connectivity index (χ3v) is 7.54. The Morgan fingerprint density at radius 3 is 2.13 bits per heavy atom. The highest BCUT2D eigenvalue weighted by Gasteiger charge is 2.41. The van der Waals surface area contributed by atoms with Gasteiger partial charge in [0.1, 0.15) is 0 Å². The number of hydrogen-bond acceptors (Lipinski definition) is 16. The van der Waals surface area contributed by atoms with Gasteiger partial charge in [-0.05, 0) is 12.5 Å². The Hall–Kier alpha value is -5.88. The van der Waals surface area contributed by atoms with Crippen molar-refractivity contribution < 1.29 is 52.4 Å². The Morgan fingerprint density at radius 1 is 0.830 bits per heavy atom. The highest BCUT2D eigenvalue weighted by Crippen LogP contribution is 2.39. The molecule has 4 heterocycles. The number of carbonyl (C=O) groups is 5. The number of amides is 1. The van der Waals surface area contributed by atoms with E-state index in [1.807, 2.05) is 0 Å². The minimum Gasteiger partial charge on any atom is -0.493 e. The van der Waals surface area contributed by atoms with Crippen LogP contribution in [-0.2, 0) is 25.5 Å². The quantitative estimate of drug-likeness (QED) is 0.158. The number of aryl methyl sites for hydroxylation is 1. The van der Waals surface area contributed by atoms with Crippen LogP contribution in [0.5, 0.6) is 11.5 Å². The summed E-state index contributed by atoms with van der Waals surface area (Å²) in [6.07, 6.45) is 2.28. The molecule has 0 aliphatic carbocycles. The molecule has 1 saturated heterocycles. The van der Waals surface area contributed by atoms with Crippen molar-refractivity contribution >= 4 is 41.7 Å².